The smallest absolute Gasteiger partial charge is 0.297 e. The molecule has 3 N–H and O–H groups in total. The molecular formula is C16H19ClN4O3. The summed E-state index contributed by atoms with van der Waals surface area (Å²) >= 11 is 0. The monoisotopic (exact) mass is 350 g/mol. The molecule has 0 aliphatic rings. The van der Waals surface area contributed by atoms with Gasteiger partial charge in [-0.3, -0.25) is 14.2 Å². The van der Waals surface area contributed by atoms with E-state index >= 15 is 0 Å². The topological polar surface area (TPSA) is 103 Å². The van der Waals surface area contributed by atoms with Crippen LogP contribution < -0.4 is 16.6 Å². The van der Waals surface area contributed by atoms with Crippen LogP contribution in [0.5, 0.6) is 0 Å². The van der Waals surface area contributed by atoms with Crippen LogP contribution in [-0.4, -0.2) is 28.5 Å². The SMILES string of the molecule is CC(CN)CNC(=O)Cn1cnc2c(oc3ccccc32)c1=O.Cl. The molecule has 0 aliphatic heterocycles. The van der Waals surface area contributed by atoms with E-state index in [9.17, 15) is 9.59 Å². The molecule has 3 aromatic rings. The maximum Gasteiger partial charge on any atom is 0.297 e. The zero-order valence-corrected chi connectivity index (χ0v) is 14.0. The van der Waals surface area contributed by atoms with E-state index in [0.717, 1.165) is 5.39 Å². The van der Waals surface area contributed by atoms with Crippen molar-refractivity contribution in [2.75, 3.05) is 13.1 Å². The molecule has 0 aliphatic carbocycles. The van der Waals surface area contributed by atoms with E-state index < -0.39 is 0 Å². The van der Waals surface area contributed by atoms with Gasteiger partial charge in [0.1, 0.15) is 17.6 Å². The van der Waals surface area contributed by atoms with Crippen LogP contribution in [0.1, 0.15) is 6.92 Å². The van der Waals surface area contributed by atoms with Crippen LogP contribution in [0.25, 0.3) is 22.1 Å². The third-order valence-corrected chi connectivity index (χ3v) is 3.71. The summed E-state index contributed by atoms with van der Waals surface area (Å²) in [5.74, 6) is -0.0729. The number of nitrogens with one attached hydrogen (secondary N) is 1. The molecule has 128 valence electrons. The minimum Gasteiger partial charge on any atom is -0.448 e. The van der Waals surface area contributed by atoms with Gasteiger partial charge in [-0.1, -0.05) is 19.1 Å². The highest BCUT2D eigenvalue weighted by Crippen LogP contribution is 2.23. The van der Waals surface area contributed by atoms with Crippen molar-refractivity contribution in [1.82, 2.24) is 14.9 Å². The molecule has 1 amide bonds. The Labute approximate surface area is 144 Å². The number of amides is 1. The first kappa shape index (κ1) is 18.0. The lowest BCUT2D eigenvalue weighted by Gasteiger charge is -2.10. The molecule has 0 spiro atoms. The number of benzene rings is 1. The van der Waals surface area contributed by atoms with Gasteiger partial charge in [0.15, 0.2) is 0 Å². The van der Waals surface area contributed by atoms with Crippen molar-refractivity contribution in [3.8, 4) is 0 Å². The lowest BCUT2D eigenvalue weighted by molar-refractivity contribution is -0.121. The number of furan rings is 1. The number of carbonyl (C=O) groups excluding carboxylic acids is 1. The van der Waals surface area contributed by atoms with Gasteiger partial charge < -0.3 is 15.5 Å². The fraction of sp³-hybridized carbons (Fsp3) is 0.312. The van der Waals surface area contributed by atoms with Crippen LogP contribution in [0.15, 0.2) is 39.8 Å². The Kier molecular flexibility index (Phi) is 5.58. The van der Waals surface area contributed by atoms with Crippen molar-refractivity contribution in [3.05, 3.63) is 40.9 Å². The van der Waals surface area contributed by atoms with Gasteiger partial charge >= 0.3 is 0 Å². The van der Waals surface area contributed by atoms with E-state index in [-0.39, 0.29) is 41.9 Å². The molecule has 0 saturated heterocycles. The summed E-state index contributed by atoms with van der Waals surface area (Å²) in [6.45, 7) is 2.81. The van der Waals surface area contributed by atoms with Crippen molar-refractivity contribution in [3.63, 3.8) is 0 Å². The zero-order chi connectivity index (χ0) is 16.4. The van der Waals surface area contributed by atoms with Crippen LogP contribution in [0.2, 0.25) is 0 Å². The number of nitrogens with zero attached hydrogens (tertiary/aromatic N) is 2. The number of hydrogen-bond acceptors (Lipinski definition) is 5. The standard InChI is InChI=1S/C16H18N4O3.ClH/c1-10(6-17)7-18-13(21)8-20-9-19-14-11-4-2-3-5-12(11)23-15(14)16(20)22;/h2-5,9-10H,6-8,17H2,1H3,(H,18,21);1H. The van der Waals surface area contributed by atoms with Gasteiger partial charge in [0.05, 0.1) is 6.33 Å². The Morgan fingerprint density at radius 3 is 2.92 bits per heavy atom. The van der Waals surface area contributed by atoms with E-state index in [1.807, 2.05) is 25.1 Å². The number of carbonyl (C=O) groups is 1. The lowest BCUT2D eigenvalue weighted by Crippen LogP contribution is -2.36. The van der Waals surface area contributed by atoms with Crippen molar-refractivity contribution < 1.29 is 9.21 Å². The Morgan fingerprint density at radius 2 is 2.17 bits per heavy atom. The lowest BCUT2D eigenvalue weighted by atomic mass is 10.2. The number of nitrogens with two attached hydrogens (primary N) is 1. The molecule has 1 aromatic carbocycles. The molecule has 7 nitrogen and oxygen atoms in total. The molecule has 1 unspecified atom stereocenters. The minimum atomic E-state index is -0.367. The fourth-order valence-electron chi connectivity index (χ4n) is 2.31. The van der Waals surface area contributed by atoms with Crippen molar-refractivity contribution >= 4 is 40.4 Å². The normalized spacial score (nSPS) is 12.1. The summed E-state index contributed by atoms with van der Waals surface area (Å²) in [7, 11) is 0. The number of halogens is 1. The average molecular weight is 351 g/mol. The Hall–Kier alpha value is -2.38. The summed E-state index contributed by atoms with van der Waals surface area (Å²) < 4.78 is 6.82. The van der Waals surface area contributed by atoms with Gasteiger partial charge in [0.25, 0.3) is 5.56 Å². The summed E-state index contributed by atoms with van der Waals surface area (Å²) in [6, 6.07) is 7.31. The molecule has 2 aromatic heterocycles. The highest BCUT2D eigenvalue weighted by atomic mass is 35.5. The minimum absolute atomic E-state index is 0. The summed E-state index contributed by atoms with van der Waals surface area (Å²) in [5, 5.41) is 3.53. The first-order valence-corrected chi connectivity index (χ1v) is 7.43. The number of hydrogen-bond donors (Lipinski definition) is 2. The maximum absolute atomic E-state index is 12.5. The largest absolute Gasteiger partial charge is 0.448 e. The Balaban J connectivity index is 0.00000208. The second kappa shape index (κ2) is 7.46. The summed E-state index contributed by atoms with van der Waals surface area (Å²) in [4.78, 5) is 28.6. The van der Waals surface area contributed by atoms with Crippen LogP contribution in [0.4, 0.5) is 0 Å². The van der Waals surface area contributed by atoms with Gasteiger partial charge in [-0.15, -0.1) is 12.4 Å². The number of rotatable bonds is 5. The summed E-state index contributed by atoms with van der Waals surface area (Å²) in [6.07, 6.45) is 1.37. The molecule has 0 fully saturated rings. The average Bonchev–Trinajstić information content (AvgIpc) is 2.94. The van der Waals surface area contributed by atoms with Gasteiger partial charge in [-0.05, 0) is 24.6 Å². The van der Waals surface area contributed by atoms with E-state index in [1.165, 1.54) is 10.9 Å². The van der Waals surface area contributed by atoms with Crippen molar-refractivity contribution in [1.29, 1.82) is 0 Å². The quantitative estimate of drug-likeness (QED) is 0.721. The van der Waals surface area contributed by atoms with Gasteiger partial charge in [0.2, 0.25) is 11.5 Å². The van der Waals surface area contributed by atoms with E-state index in [4.69, 9.17) is 10.2 Å². The maximum atomic E-state index is 12.5. The number of para-hydroxylation sites is 1. The van der Waals surface area contributed by atoms with Gasteiger partial charge in [-0.25, -0.2) is 4.98 Å². The molecular weight excluding hydrogens is 332 g/mol. The fourth-order valence-corrected chi connectivity index (χ4v) is 2.31. The highest BCUT2D eigenvalue weighted by Gasteiger charge is 2.14. The molecule has 0 saturated carbocycles. The molecule has 0 radical (unpaired) electrons. The molecule has 0 bridgehead atoms. The Morgan fingerprint density at radius 1 is 1.42 bits per heavy atom. The third kappa shape index (κ3) is 3.42. The van der Waals surface area contributed by atoms with Crippen LogP contribution in [0, 0.1) is 5.92 Å². The Bertz CT molecular complexity index is 918. The molecule has 1 atom stereocenters. The summed E-state index contributed by atoms with van der Waals surface area (Å²) in [5.41, 5.74) is 6.42. The van der Waals surface area contributed by atoms with Crippen molar-refractivity contribution in [2.45, 2.75) is 13.5 Å². The predicted molar refractivity (Wildman–Crippen MR) is 94.3 cm³/mol. The molecule has 8 heteroatoms. The van der Waals surface area contributed by atoms with E-state index in [1.54, 1.807) is 6.07 Å². The zero-order valence-electron chi connectivity index (χ0n) is 13.2. The predicted octanol–water partition coefficient (Wildman–Crippen LogP) is 1.28. The third-order valence-electron chi connectivity index (χ3n) is 3.71. The van der Waals surface area contributed by atoms with E-state index in [0.29, 0.717) is 24.2 Å². The molecule has 2 heterocycles. The van der Waals surface area contributed by atoms with Crippen LogP contribution in [-0.2, 0) is 11.3 Å². The second-order valence-electron chi connectivity index (χ2n) is 5.60. The number of fused-ring (bicyclic) bond motifs is 3. The van der Waals surface area contributed by atoms with Crippen LogP contribution >= 0.6 is 12.4 Å². The molecule has 24 heavy (non-hydrogen) atoms. The van der Waals surface area contributed by atoms with Crippen molar-refractivity contribution in [2.24, 2.45) is 11.7 Å². The number of aromatic nitrogens is 2. The highest BCUT2D eigenvalue weighted by molar-refractivity contribution is 6.01. The first-order valence-electron chi connectivity index (χ1n) is 7.43. The van der Waals surface area contributed by atoms with Gasteiger partial charge in [0, 0.05) is 11.9 Å². The van der Waals surface area contributed by atoms with E-state index in [2.05, 4.69) is 10.3 Å². The second-order valence-corrected chi connectivity index (χ2v) is 5.60. The first-order chi connectivity index (χ1) is 11.1. The molecule has 3 rings (SSSR count). The van der Waals surface area contributed by atoms with Gasteiger partial charge in [-0.2, -0.15) is 0 Å². The van der Waals surface area contributed by atoms with Crippen LogP contribution in [0.3, 0.4) is 0 Å².